The van der Waals surface area contributed by atoms with Crippen LogP contribution in [0, 0.1) is 0 Å². The van der Waals surface area contributed by atoms with Crippen LogP contribution in [-0.4, -0.2) is 29.8 Å². The maximum Gasteiger partial charge on any atom is 0.266 e. The highest BCUT2D eigenvalue weighted by molar-refractivity contribution is 5.26. The van der Waals surface area contributed by atoms with Crippen molar-refractivity contribution in [1.29, 1.82) is 0 Å². The van der Waals surface area contributed by atoms with Gasteiger partial charge in [0.05, 0.1) is 0 Å². The first-order chi connectivity index (χ1) is 8.31. The Balaban J connectivity index is 2.30. The number of anilines is 1. The smallest absolute Gasteiger partial charge is 0.266 e. The molecule has 0 atom stereocenters. The van der Waals surface area contributed by atoms with Crippen LogP contribution in [0.5, 0.6) is 0 Å². The van der Waals surface area contributed by atoms with E-state index < -0.39 is 0 Å². The lowest BCUT2D eigenvalue weighted by atomic mass is 10.1. The van der Waals surface area contributed by atoms with Crippen LogP contribution in [-0.2, 0) is 6.42 Å². The number of aryl methyl sites for hydroxylation is 1. The van der Waals surface area contributed by atoms with Crippen LogP contribution in [0.3, 0.4) is 0 Å². The molecule has 0 aromatic carbocycles. The summed E-state index contributed by atoms with van der Waals surface area (Å²) in [5.74, 6) is 1.46. The van der Waals surface area contributed by atoms with Crippen molar-refractivity contribution < 1.29 is 4.52 Å². The van der Waals surface area contributed by atoms with Crippen molar-refractivity contribution in [1.82, 2.24) is 10.1 Å². The maximum absolute atomic E-state index is 5.44. The molecular weight excluding hydrogens is 216 g/mol. The molecule has 98 valence electrons. The second-order valence-corrected chi connectivity index (χ2v) is 4.11. The Morgan fingerprint density at radius 1 is 1.12 bits per heavy atom. The summed E-state index contributed by atoms with van der Waals surface area (Å²) in [6, 6.07) is 0. The van der Waals surface area contributed by atoms with Gasteiger partial charge in [0.25, 0.3) is 5.95 Å². The van der Waals surface area contributed by atoms with Gasteiger partial charge in [-0.3, -0.25) is 0 Å². The van der Waals surface area contributed by atoms with E-state index in [2.05, 4.69) is 28.9 Å². The summed E-state index contributed by atoms with van der Waals surface area (Å²) in [7, 11) is 0. The fourth-order valence-electron chi connectivity index (χ4n) is 1.76. The van der Waals surface area contributed by atoms with E-state index in [0.717, 1.165) is 44.8 Å². The first kappa shape index (κ1) is 14.0. The van der Waals surface area contributed by atoms with Crippen molar-refractivity contribution in [2.24, 2.45) is 5.73 Å². The number of hydrogen-bond acceptors (Lipinski definition) is 5. The van der Waals surface area contributed by atoms with Gasteiger partial charge in [-0.15, -0.1) is 0 Å². The lowest BCUT2D eigenvalue weighted by Crippen LogP contribution is -2.22. The Hall–Kier alpha value is -1.10. The van der Waals surface area contributed by atoms with E-state index >= 15 is 0 Å². The molecule has 0 saturated carbocycles. The Bertz CT molecular complexity index is 296. The molecule has 0 radical (unpaired) electrons. The van der Waals surface area contributed by atoms with Crippen LogP contribution in [0.4, 0.5) is 5.95 Å². The lowest BCUT2D eigenvalue weighted by molar-refractivity contribution is 0.372. The average molecular weight is 240 g/mol. The van der Waals surface area contributed by atoms with Crippen LogP contribution in [0.1, 0.15) is 45.4 Å². The Labute approximate surface area is 103 Å². The molecule has 0 saturated heterocycles. The molecule has 0 aliphatic carbocycles. The fourth-order valence-corrected chi connectivity index (χ4v) is 1.76. The SMILES string of the molecule is CCN(CC)c1noc(CCCCCCN)n1. The molecule has 0 aliphatic rings. The minimum Gasteiger partial charge on any atom is -0.339 e. The first-order valence-corrected chi connectivity index (χ1v) is 6.59. The summed E-state index contributed by atoms with van der Waals surface area (Å²) in [4.78, 5) is 6.48. The standard InChI is InChI=1S/C12H24N4O/c1-3-16(4-2)12-14-11(17-15-12)9-7-5-6-8-10-13/h3-10,13H2,1-2H3. The molecule has 5 nitrogen and oxygen atoms in total. The molecule has 1 heterocycles. The summed E-state index contributed by atoms with van der Waals surface area (Å²) in [5.41, 5.74) is 5.44. The Kier molecular flexibility index (Phi) is 6.62. The van der Waals surface area contributed by atoms with Crippen molar-refractivity contribution in [2.75, 3.05) is 24.5 Å². The molecule has 0 fully saturated rings. The lowest BCUT2D eigenvalue weighted by Gasteiger charge is -2.14. The largest absolute Gasteiger partial charge is 0.339 e. The minimum absolute atomic E-state index is 0.715. The van der Waals surface area contributed by atoms with Gasteiger partial charge in [-0.2, -0.15) is 4.98 Å². The molecule has 0 amide bonds. The summed E-state index contributed by atoms with van der Waals surface area (Å²) >= 11 is 0. The van der Waals surface area contributed by atoms with Gasteiger partial charge in [-0.25, -0.2) is 0 Å². The minimum atomic E-state index is 0.715. The van der Waals surface area contributed by atoms with Gasteiger partial charge < -0.3 is 15.2 Å². The quantitative estimate of drug-likeness (QED) is 0.668. The number of hydrogen-bond donors (Lipinski definition) is 1. The number of nitrogens with zero attached hydrogens (tertiary/aromatic N) is 3. The summed E-state index contributed by atoms with van der Waals surface area (Å²) < 4.78 is 5.23. The van der Waals surface area contributed by atoms with E-state index in [9.17, 15) is 0 Å². The molecule has 17 heavy (non-hydrogen) atoms. The van der Waals surface area contributed by atoms with Crippen molar-refractivity contribution in [2.45, 2.75) is 46.0 Å². The van der Waals surface area contributed by atoms with Crippen molar-refractivity contribution in [3.05, 3.63) is 5.89 Å². The zero-order valence-electron chi connectivity index (χ0n) is 11.0. The normalized spacial score (nSPS) is 10.8. The Morgan fingerprint density at radius 2 is 1.82 bits per heavy atom. The van der Waals surface area contributed by atoms with Gasteiger partial charge in [0.2, 0.25) is 5.89 Å². The highest BCUT2D eigenvalue weighted by Crippen LogP contribution is 2.11. The van der Waals surface area contributed by atoms with Gasteiger partial charge in [-0.1, -0.05) is 12.8 Å². The zero-order chi connectivity index (χ0) is 12.5. The molecule has 0 bridgehead atoms. The summed E-state index contributed by atoms with van der Waals surface area (Å²) in [6.45, 7) is 6.78. The predicted octanol–water partition coefficient (Wildman–Crippen LogP) is 1.98. The van der Waals surface area contributed by atoms with Crippen LogP contribution in [0.15, 0.2) is 4.52 Å². The van der Waals surface area contributed by atoms with Gasteiger partial charge in [0, 0.05) is 19.5 Å². The monoisotopic (exact) mass is 240 g/mol. The van der Waals surface area contributed by atoms with Crippen LogP contribution in [0.2, 0.25) is 0 Å². The molecular formula is C12H24N4O. The van der Waals surface area contributed by atoms with Crippen LogP contribution in [0.25, 0.3) is 0 Å². The van der Waals surface area contributed by atoms with Crippen molar-refractivity contribution in [3.8, 4) is 0 Å². The van der Waals surface area contributed by atoms with Gasteiger partial charge in [0.1, 0.15) is 0 Å². The van der Waals surface area contributed by atoms with E-state index in [4.69, 9.17) is 10.3 Å². The number of nitrogens with two attached hydrogens (primary N) is 1. The third kappa shape index (κ3) is 4.73. The summed E-state index contributed by atoms with van der Waals surface area (Å²) in [6.07, 6.45) is 5.45. The van der Waals surface area contributed by atoms with Crippen molar-refractivity contribution in [3.63, 3.8) is 0 Å². The molecule has 1 aromatic heterocycles. The van der Waals surface area contributed by atoms with E-state index in [1.807, 2.05) is 0 Å². The highest BCUT2D eigenvalue weighted by atomic mass is 16.5. The van der Waals surface area contributed by atoms with Crippen LogP contribution >= 0.6 is 0 Å². The Morgan fingerprint density at radius 3 is 2.47 bits per heavy atom. The van der Waals surface area contributed by atoms with Gasteiger partial charge in [-0.05, 0) is 38.4 Å². The van der Waals surface area contributed by atoms with Crippen molar-refractivity contribution >= 4 is 5.95 Å². The molecule has 1 aromatic rings. The fraction of sp³-hybridized carbons (Fsp3) is 0.833. The third-order valence-electron chi connectivity index (χ3n) is 2.85. The van der Waals surface area contributed by atoms with Gasteiger partial charge >= 0.3 is 0 Å². The van der Waals surface area contributed by atoms with E-state index in [1.165, 1.54) is 12.8 Å². The maximum atomic E-state index is 5.44. The molecule has 0 aliphatic heterocycles. The molecule has 0 spiro atoms. The predicted molar refractivity (Wildman–Crippen MR) is 69.1 cm³/mol. The van der Waals surface area contributed by atoms with Gasteiger partial charge in [0.15, 0.2) is 0 Å². The third-order valence-corrected chi connectivity index (χ3v) is 2.85. The molecule has 2 N–H and O–H groups in total. The first-order valence-electron chi connectivity index (χ1n) is 6.59. The second kappa shape index (κ2) is 8.06. The topological polar surface area (TPSA) is 68.2 Å². The van der Waals surface area contributed by atoms with Crippen LogP contribution < -0.4 is 10.6 Å². The summed E-state index contributed by atoms with van der Waals surface area (Å²) in [5, 5.41) is 3.99. The van der Waals surface area contributed by atoms with E-state index in [0.29, 0.717) is 5.95 Å². The zero-order valence-corrected chi connectivity index (χ0v) is 11.0. The number of unbranched alkanes of at least 4 members (excludes halogenated alkanes) is 3. The number of rotatable bonds is 9. The second-order valence-electron chi connectivity index (χ2n) is 4.11. The highest BCUT2D eigenvalue weighted by Gasteiger charge is 2.10. The van der Waals surface area contributed by atoms with E-state index in [1.54, 1.807) is 0 Å². The number of aromatic nitrogens is 2. The average Bonchev–Trinajstić information content (AvgIpc) is 2.79. The van der Waals surface area contributed by atoms with E-state index in [-0.39, 0.29) is 0 Å². The molecule has 5 heteroatoms. The molecule has 0 unspecified atom stereocenters. The molecule has 1 rings (SSSR count).